The van der Waals surface area contributed by atoms with Crippen LogP contribution < -0.4 is 5.32 Å². The number of carbonyl (C=O) groups is 2. The summed E-state index contributed by atoms with van der Waals surface area (Å²) >= 11 is 0. The van der Waals surface area contributed by atoms with E-state index in [1.165, 1.54) is 0 Å². The van der Waals surface area contributed by atoms with Crippen LogP contribution in [0.2, 0.25) is 0 Å². The summed E-state index contributed by atoms with van der Waals surface area (Å²) in [4.78, 5) is 24.6. The molecular weight excluding hydrogens is 244 g/mol. The monoisotopic (exact) mass is 270 g/mol. The molecule has 3 unspecified atom stereocenters. The lowest BCUT2D eigenvalue weighted by atomic mass is 10.0. The predicted octanol–water partition coefficient (Wildman–Crippen LogP) is 2.46. The van der Waals surface area contributed by atoms with Crippen LogP contribution in [0.3, 0.4) is 0 Å². The molecule has 1 rings (SSSR count). The van der Waals surface area contributed by atoms with Crippen LogP contribution in [0.1, 0.15) is 52.9 Å². The SMILES string of the molecule is CCC(C)CC(C)NC(=O)N1CCCC1CC(=O)O. The molecule has 1 heterocycles. The van der Waals surface area contributed by atoms with Crippen LogP contribution in [-0.4, -0.2) is 40.6 Å². The highest BCUT2D eigenvalue weighted by atomic mass is 16.4. The Labute approximate surface area is 115 Å². The van der Waals surface area contributed by atoms with Gasteiger partial charge in [-0.3, -0.25) is 4.79 Å². The van der Waals surface area contributed by atoms with Gasteiger partial charge in [-0.1, -0.05) is 20.3 Å². The van der Waals surface area contributed by atoms with Crippen molar-refractivity contribution in [2.45, 2.75) is 65.0 Å². The Hall–Kier alpha value is -1.26. The molecule has 2 amide bonds. The molecule has 2 N–H and O–H groups in total. The Morgan fingerprint density at radius 3 is 2.68 bits per heavy atom. The molecule has 0 radical (unpaired) electrons. The molecule has 110 valence electrons. The van der Waals surface area contributed by atoms with Crippen molar-refractivity contribution < 1.29 is 14.7 Å². The second-order valence-electron chi connectivity index (χ2n) is 5.69. The van der Waals surface area contributed by atoms with Gasteiger partial charge in [-0.25, -0.2) is 4.79 Å². The van der Waals surface area contributed by atoms with Gasteiger partial charge >= 0.3 is 12.0 Å². The molecule has 1 aliphatic rings. The van der Waals surface area contributed by atoms with E-state index in [-0.39, 0.29) is 24.5 Å². The smallest absolute Gasteiger partial charge is 0.317 e. The van der Waals surface area contributed by atoms with Gasteiger partial charge in [0.1, 0.15) is 0 Å². The van der Waals surface area contributed by atoms with Gasteiger partial charge in [0.25, 0.3) is 0 Å². The Kier molecular flexibility index (Phi) is 6.12. The van der Waals surface area contributed by atoms with Crippen LogP contribution >= 0.6 is 0 Å². The zero-order chi connectivity index (χ0) is 14.4. The molecule has 0 aromatic heterocycles. The molecule has 0 aromatic rings. The average Bonchev–Trinajstić information content (AvgIpc) is 2.75. The molecule has 0 aromatic carbocycles. The minimum absolute atomic E-state index is 0.0488. The number of nitrogens with one attached hydrogen (secondary N) is 1. The highest BCUT2D eigenvalue weighted by Crippen LogP contribution is 2.20. The maximum Gasteiger partial charge on any atom is 0.317 e. The van der Waals surface area contributed by atoms with Gasteiger partial charge in [0.2, 0.25) is 0 Å². The first-order valence-corrected chi connectivity index (χ1v) is 7.23. The number of carbonyl (C=O) groups excluding carboxylic acids is 1. The van der Waals surface area contributed by atoms with Crippen molar-refractivity contribution in [3.05, 3.63) is 0 Å². The molecule has 0 aliphatic carbocycles. The van der Waals surface area contributed by atoms with Gasteiger partial charge in [0, 0.05) is 18.6 Å². The van der Waals surface area contributed by atoms with E-state index in [2.05, 4.69) is 19.2 Å². The molecule has 1 aliphatic heterocycles. The quantitative estimate of drug-likeness (QED) is 0.779. The third kappa shape index (κ3) is 5.09. The lowest BCUT2D eigenvalue weighted by Crippen LogP contribution is -2.46. The fraction of sp³-hybridized carbons (Fsp3) is 0.857. The molecule has 3 atom stereocenters. The molecule has 0 spiro atoms. The number of aliphatic carboxylic acids is 1. The second kappa shape index (κ2) is 7.36. The average molecular weight is 270 g/mol. The van der Waals surface area contributed by atoms with Gasteiger partial charge in [-0.15, -0.1) is 0 Å². The lowest BCUT2D eigenvalue weighted by Gasteiger charge is -2.26. The number of hydrogen-bond acceptors (Lipinski definition) is 2. The number of likely N-dealkylation sites (tertiary alicyclic amines) is 1. The highest BCUT2D eigenvalue weighted by Gasteiger charge is 2.30. The summed E-state index contributed by atoms with van der Waals surface area (Å²) in [5, 5.41) is 11.8. The number of amides is 2. The van der Waals surface area contributed by atoms with Crippen LogP contribution in [0.25, 0.3) is 0 Å². The molecule has 19 heavy (non-hydrogen) atoms. The first-order chi connectivity index (χ1) is 8.93. The number of carboxylic acid groups (broad SMARTS) is 1. The van der Waals surface area contributed by atoms with E-state index in [9.17, 15) is 9.59 Å². The maximum absolute atomic E-state index is 12.1. The van der Waals surface area contributed by atoms with Crippen molar-refractivity contribution >= 4 is 12.0 Å². The van der Waals surface area contributed by atoms with Crippen LogP contribution in [-0.2, 0) is 4.79 Å². The van der Waals surface area contributed by atoms with Gasteiger partial charge in [-0.05, 0) is 32.1 Å². The Morgan fingerprint density at radius 2 is 2.11 bits per heavy atom. The van der Waals surface area contributed by atoms with Crippen molar-refractivity contribution in [1.82, 2.24) is 10.2 Å². The summed E-state index contributed by atoms with van der Waals surface area (Å²) in [5.74, 6) is -0.249. The summed E-state index contributed by atoms with van der Waals surface area (Å²) in [7, 11) is 0. The van der Waals surface area contributed by atoms with Crippen LogP contribution in [0.15, 0.2) is 0 Å². The Balaban J connectivity index is 2.45. The first kappa shape index (κ1) is 15.8. The van der Waals surface area contributed by atoms with E-state index >= 15 is 0 Å². The lowest BCUT2D eigenvalue weighted by molar-refractivity contribution is -0.137. The highest BCUT2D eigenvalue weighted by molar-refractivity contribution is 5.76. The van der Waals surface area contributed by atoms with Crippen molar-refractivity contribution in [2.75, 3.05) is 6.54 Å². The second-order valence-corrected chi connectivity index (χ2v) is 5.69. The number of nitrogens with zero attached hydrogens (tertiary/aromatic N) is 1. The molecular formula is C14H26N2O3. The summed E-state index contributed by atoms with van der Waals surface area (Å²) < 4.78 is 0. The van der Waals surface area contributed by atoms with Crippen LogP contribution in [0, 0.1) is 5.92 Å². The van der Waals surface area contributed by atoms with Crippen LogP contribution in [0.4, 0.5) is 4.79 Å². The zero-order valence-electron chi connectivity index (χ0n) is 12.2. The van der Waals surface area contributed by atoms with E-state index in [1.807, 2.05) is 6.92 Å². The van der Waals surface area contributed by atoms with E-state index in [1.54, 1.807) is 4.90 Å². The van der Waals surface area contributed by atoms with Crippen molar-refractivity contribution in [3.8, 4) is 0 Å². The van der Waals surface area contributed by atoms with Crippen molar-refractivity contribution in [3.63, 3.8) is 0 Å². The summed E-state index contributed by atoms with van der Waals surface area (Å²) in [6.45, 7) is 6.99. The molecule has 0 bridgehead atoms. The van der Waals surface area contributed by atoms with Crippen molar-refractivity contribution in [1.29, 1.82) is 0 Å². The predicted molar refractivity (Wildman–Crippen MR) is 74.0 cm³/mol. The van der Waals surface area contributed by atoms with Gasteiger partial charge < -0.3 is 15.3 Å². The van der Waals surface area contributed by atoms with E-state index < -0.39 is 5.97 Å². The minimum atomic E-state index is -0.836. The molecule has 5 nitrogen and oxygen atoms in total. The van der Waals surface area contributed by atoms with Crippen molar-refractivity contribution in [2.24, 2.45) is 5.92 Å². The van der Waals surface area contributed by atoms with E-state index in [0.29, 0.717) is 12.5 Å². The third-order valence-corrected chi connectivity index (χ3v) is 3.87. The van der Waals surface area contributed by atoms with E-state index in [4.69, 9.17) is 5.11 Å². The van der Waals surface area contributed by atoms with Gasteiger partial charge in [0.15, 0.2) is 0 Å². The molecule has 1 fully saturated rings. The van der Waals surface area contributed by atoms with E-state index in [0.717, 1.165) is 25.7 Å². The molecule has 5 heteroatoms. The number of carboxylic acids is 1. The fourth-order valence-electron chi connectivity index (χ4n) is 2.64. The third-order valence-electron chi connectivity index (χ3n) is 3.87. The Bertz CT molecular complexity index is 320. The topological polar surface area (TPSA) is 69.6 Å². The normalized spacial score (nSPS) is 22.1. The zero-order valence-corrected chi connectivity index (χ0v) is 12.2. The van der Waals surface area contributed by atoms with Crippen LogP contribution in [0.5, 0.6) is 0 Å². The number of urea groups is 1. The summed E-state index contributed by atoms with van der Waals surface area (Å²) in [6.07, 6.45) is 3.79. The minimum Gasteiger partial charge on any atom is -0.481 e. The molecule has 1 saturated heterocycles. The number of rotatable bonds is 6. The summed E-state index contributed by atoms with van der Waals surface area (Å²) in [5.41, 5.74) is 0. The molecule has 0 saturated carbocycles. The van der Waals surface area contributed by atoms with Gasteiger partial charge in [-0.2, -0.15) is 0 Å². The number of hydrogen-bond donors (Lipinski definition) is 2. The van der Waals surface area contributed by atoms with Gasteiger partial charge in [0.05, 0.1) is 6.42 Å². The fourth-order valence-corrected chi connectivity index (χ4v) is 2.64. The largest absolute Gasteiger partial charge is 0.481 e. The standard InChI is InChI=1S/C14H26N2O3/c1-4-10(2)8-11(3)15-14(19)16-7-5-6-12(16)9-13(17)18/h10-12H,4-9H2,1-3H3,(H,15,19)(H,17,18). The Morgan fingerprint density at radius 1 is 1.42 bits per heavy atom. The first-order valence-electron chi connectivity index (χ1n) is 7.23. The summed E-state index contributed by atoms with van der Waals surface area (Å²) in [6, 6.07) is -0.124. The maximum atomic E-state index is 12.1.